The molecule has 7 nitrogen and oxygen atoms in total. The van der Waals surface area contributed by atoms with Crippen molar-refractivity contribution >= 4 is 29.0 Å². The van der Waals surface area contributed by atoms with Crippen molar-refractivity contribution in [2.24, 2.45) is 5.92 Å². The fourth-order valence-electron chi connectivity index (χ4n) is 2.94. The van der Waals surface area contributed by atoms with E-state index in [1.54, 1.807) is 42.9 Å². The zero-order valence-corrected chi connectivity index (χ0v) is 14.1. The largest absolute Gasteiger partial charge is 0.355 e. The average molecular weight is 339 g/mol. The smallest absolute Gasteiger partial charge is 0.229 e. The maximum absolute atomic E-state index is 12.6. The van der Waals surface area contributed by atoms with Crippen molar-refractivity contribution in [2.75, 3.05) is 28.6 Å². The van der Waals surface area contributed by atoms with Crippen molar-refractivity contribution in [3.8, 4) is 0 Å². The van der Waals surface area contributed by atoms with Gasteiger partial charge in [-0.05, 0) is 37.1 Å². The number of rotatable bonds is 4. The van der Waals surface area contributed by atoms with Gasteiger partial charge in [0.1, 0.15) is 5.82 Å². The zero-order valence-electron chi connectivity index (χ0n) is 14.1. The Bertz CT molecular complexity index is 733. The van der Waals surface area contributed by atoms with Crippen molar-refractivity contribution in [2.45, 2.75) is 19.8 Å². The number of anilines is 3. The molecule has 130 valence electrons. The molecule has 2 amide bonds. The molecule has 0 bridgehead atoms. The normalized spacial score (nSPS) is 17.0. The van der Waals surface area contributed by atoms with Crippen LogP contribution in [0.4, 0.5) is 17.2 Å². The summed E-state index contributed by atoms with van der Waals surface area (Å²) >= 11 is 0. The Hall–Kier alpha value is -2.96. The highest BCUT2D eigenvalue weighted by Crippen LogP contribution is 2.22. The van der Waals surface area contributed by atoms with Gasteiger partial charge in [-0.25, -0.2) is 4.98 Å². The highest BCUT2D eigenvalue weighted by molar-refractivity contribution is 5.94. The van der Waals surface area contributed by atoms with E-state index in [1.807, 2.05) is 0 Å². The van der Waals surface area contributed by atoms with Crippen molar-refractivity contribution in [3.05, 3.63) is 42.9 Å². The number of amides is 2. The first kappa shape index (κ1) is 16.9. The highest BCUT2D eigenvalue weighted by atomic mass is 16.2. The summed E-state index contributed by atoms with van der Waals surface area (Å²) in [5.41, 5.74) is 1.42. The molecule has 1 saturated heterocycles. The molecule has 1 atom stereocenters. The SMILES string of the molecule is CC(=O)Nc1ccc(NC(=O)[C@@H]2CCCN(c3cnccn3)C2)cc1. The Morgan fingerprint density at radius 2 is 1.84 bits per heavy atom. The summed E-state index contributed by atoms with van der Waals surface area (Å²) in [6, 6.07) is 7.10. The second kappa shape index (κ2) is 7.74. The lowest BCUT2D eigenvalue weighted by atomic mass is 9.97. The summed E-state index contributed by atoms with van der Waals surface area (Å²) in [5.74, 6) is 0.592. The van der Waals surface area contributed by atoms with Crippen molar-refractivity contribution in [1.82, 2.24) is 9.97 Å². The second-order valence-electron chi connectivity index (χ2n) is 6.10. The molecule has 2 heterocycles. The van der Waals surface area contributed by atoms with Crippen LogP contribution in [0.25, 0.3) is 0 Å². The van der Waals surface area contributed by atoms with Gasteiger partial charge in [-0.15, -0.1) is 0 Å². The number of carbonyl (C=O) groups is 2. The van der Waals surface area contributed by atoms with Crippen LogP contribution in [0.2, 0.25) is 0 Å². The number of hydrogen-bond acceptors (Lipinski definition) is 5. The van der Waals surface area contributed by atoms with Gasteiger partial charge in [-0.3, -0.25) is 14.6 Å². The molecule has 1 fully saturated rings. The molecule has 1 aromatic heterocycles. The van der Waals surface area contributed by atoms with Gasteiger partial charge in [0.15, 0.2) is 0 Å². The van der Waals surface area contributed by atoms with Gasteiger partial charge < -0.3 is 15.5 Å². The van der Waals surface area contributed by atoms with E-state index in [4.69, 9.17) is 0 Å². The number of hydrogen-bond donors (Lipinski definition) is 2. The molecular formula is C18H21N5O2. The van der Waals surface area contributed by atoms with Crippen molar-refractivity contribution < 1.29 is 9.59 Å². The number of benzene rings is 1. The number of nitrogens with zero attached hydrogens (tertiary/aromatic N) is 3. The lowest BCUT2D eigenvalue weighted by molar-refractivity contribution is -0.120. The van der Waals surface area contributed by atoms with Crippen LogP contribution >= 0.6 is 0 Å². The minimum atomic E-state index is -0.122. The van der Waals surface area contributed by atoms with E-state index in [9.17, 15) is 9.59 Å². The Morgan fingerprint density at radius 1 is 1.12 bits per heavy atom. The van der Waals surface area contributed by atoms with Crippen LogP contribution in [0.3, 0.4) is 0 Å². The first-order valence-corrected chi connectivity index (χ1v) is 8.31. The molecule has 7 heteroatoms. The van der Waals surface area contributed by atoms with E-state index in [1.165, 1.54) is 6.92 Å². The average Bonchev–Trinajstić information content (AvgIpc) is 2.64. The Balaban J connectivity index is 1.60. The van der Waals surface area contributed by atoms with Crippen molar-refractivity contribution in [1.29, 1.82) is 0 Å². The third-order valence-corrected chi connectivity index (χ3v) is 4.14. The molecule has 1 aromatic carbocycles. The monoisotopic (exact) mass is 339 g/mol. The summed E-state index contributed by atoms with van der Waals surface area (Å²) in [6.45, 7) is 2.98. The first-order valence-electron chi connectivity index (χ1n) is 8.31. The Labute approximate surface area is 146 Å². The fourth-order valence-corrected chi connectivity index (χ4v) is 2.94. The molecule has 0 unspecified atom stereocenters. The minimum absolute atomic E-state index is 0.000803. The third kappa shape index (κ3) is 4.53. The molecule has 25 heavy (non-hydrogen) atoms. The van der Waals surface area contributed by atoms with Gasteiger partial charge in [-0.2, -0.15) is 0 Å². The molecule has 1 aliphatic rings. The molecule has 0 radical (unpaired) electrons. The van der Waals surface area contributed by atoms with Crippen LogP contribution in [-0.4, -0.2) is 34.9 Å². The van der Waals surface area contributed by atoms with Crippen LogP contribution in [0.5, 0.6) is 0 Å². The minimum Gasteiger partial charge on any atom is -0.355 e. The number of aromatic nitrogens is 2. The van der Waals surface area contributed by atoms with E-state index in [-0.39, 0.29) is 17.7 Å². The van der Waals surface area contributed by atoms with Gasteiger partial charge in [0, 0.05) is 43.8 Å². The number of piperidine rings is 1. The van der Waals surface area contributed by atoms with Gasteiger partial charge in [-0.1, -0.05) is 0 Å². The van der Waals surface area contributed by atoms with E-state index in [2.05, 4.69) is 25.5 Å². The highest BCUT2D eigenvalue weighted by Gasteiger charge is 2.26. The fraction of sp³-hybridized carbons (Fsp3) is 0.333. The van der Waals surface area contributed by atoms with Crippen LogP contribution < -0.4 is 15.5 Å². The van der Waals surface area contributed by atoms with Gasteiger partial charge in [0.25, 0.3) is 0 Å². The molecule has 3 rings (SSSR count). The lowest BCUT2D eigenvalue weighted by Crippen LogP contribution is -2.41. The lowest BCUT2D eigenvalue weighted by Gasteiger charge is -2.32. The molecular weight excluding hydrogens is 318 g/mol. The zero-order chi connectivity index (χ0) is 17.6. The number of carbonyl (C=O) groups excluding carboxylic acids is 2. The maximum Gasteiger partial charge on any atom is 0.229 e. The van der Waals surface area contributed by atoms with E-state index < -0.39 is 0 Å². The van der Waals surface area contributed by atoms with E-state index in [0.29, 0.717) is 12.2 Å². The second-order valence-corrected chi connectivity index (χ2v) is 6.10. The van der Waals surface area contributed by atoms with Crippen LogP contribution in [0.15, 0.2) is 42.9 Å². The van der Waals surface area contributed by atoms with Gasteiger partial charge in [0.05, 0.1) is 12.1 Å². The Morgan fingerprint density at radius 3 is 2.48 bits per heavy atom. The molecule has 0 aliphatic carbocycles. The summed E-state index contributed by atoms with van der Waals surface area (Å²) in [6.07, 6.45) is 6.82. The predicted molar refractivity (Wildman–Crippen MR) is 96.3 cm³/mol. The quantitative estimate of drug-likeness (QED) is 0.892. The van der Waals surface area contributed by atoms with Crippen molar-refractivity contribution in [3.63, 3.8) is 0 Å². The molecule has 1 aliphatic heterocycles. The van der Waals surface area contributed by atoms with E-state index in [0.717, 1.165) is 30.9 Å². The van der Waals surface area contributed by atoms with Crippen LogP contribution in [-0.2, 0) is 9.59 Å². The third-order valence-electron chi connectivity index (χ3n) is 4.14. The summed E-state index contributed by atoms with van der Waals surface area (Å²) < 4.78 is 0. The predicted octanol–water partition coefficient (Wildman–Crippen LogP) is 2.29. The standard InChI is InChI=1S/C18H21N5O2/c1-13(24)21-15-4-6-16(7-5-15)22-18(25)14-3-2-10-23(12-14)17-11-19-8-9-20-17/h4-9,11,14H,2-3,10,12H2,1H3,(H,21,24)(H,22,25)/t14-/m1/s1. The molecule has 0 spiro atoms. The van der Waals surface area contributed by atoms with Gasteiger partial charge >= 0.3 is 0 Å². The van der Waals surface area contributed by atoms with Gasteiger partial charge in [0.2, 0.25) is 11.8 Å². The Kier molecular flexibility index (Phi) is 5.23. The van der Waals surface area contributed by atoms with E-state index >= 15 is 0 Å². The molecule has 2 N–H and O–H groups in total. The molecule has 0 saturated carbocycles. The van der Waals surface area contributed by atoms with Crippen LogP contribution in [0, 0.1) is 5.92 Å². The summed E-state index contributed by atoms with van der Waals surface area (Å²) in [5, 5.41) is 5.65. The maximum atomic E-state index is 12.6. The number of nitrogens with one attached hydrogen (secondary N) is 2. The molecule has 2 aromatic rings. The first-order chi connectivity index (χ1) is 12.1. The van der Waals surface area contributed by atoms with Crippen LogP contribution in [0.1, 0.15) is 19.8 Å². The summed E-state index contributed by atoms with van der Waals surface area (Å²) in [4.78, 5) is 34.1. The summed E-state index contributed by atoms with van der Waals surface area (Å²) in [7, 11) is 0. The topological polar surface area (TPSA) is 87.2 Å².